The van der Waals surface area contributed by atoms with E-state index in [2.05, 4.69) is 11.2 Å². The monoisotopic (exact) mass is 285 g/mol. The average molecular weight is 286 g/mol. The highest BCUT2D eigenvalue weighted by Crippen LogP contribution is 2.23. The average Bonchev–Trinajstić information content (AvgIpc) is 2.45. The van der Waals surface area contributed by atoms with E-state index in [1.807, 2.05) is 49.4 Å². The van der Waals surface area contributed by atoms with E-state index in [1.54, 1.807) is 0 Å². The van der Waals surface area contributed by atoms with Crippen molar-refractivity contribution in [1.82, 2.24) is 0 Å². The van der Waals surface area contributed by atoms with E-state index in [9.17, 15) is 0 Å². The lowest BCUT2D eigenvalue weighted by molar-refractivity contribution is 0.366. The van der Waals surface area contributed by atoms with Gasteiger partial charge in [0.2, 0.25) is 0 Å². The lowest BCUT2D eigenvalue weighted by Gasteiger charge is -2.13. The van der Waals surface area contributed by atoms with E-state index in [0.717, 1.165) is 27.6 Å². The normalized spacial score (nSPS) is 9.85. The van der Waals surface area contributed by atoms with Gasteiger partial charge in [-0.15, -0.1) is 6.42 Å². The van der Waals surface area contributed by atoms with Gasteiger partial charge in [0.1, 0.15) is 12.4 Å². The van der Waals surface area contributed by atoms with Crippen LogP contribution in [0.2, 0.25) is 5.02 Å². The summed E-state index contributed by atoms with van der Waals surface area (Å²) in [5, 5.41) is 4.12. The molecule has 102 valence electrons. The molecule has 0 heterocycles. The van der Waals surface area contributed by atoms with Gasteiger partial charge >= 0.3 is 0 Å². The quantitative estimate of drug-likeness (QED) is 0.828. The molecule has 20 heavy (non-hydrogen) atoms. The second-order valence-electron chi connectivity index (χ2n) is 4.41. The molecule has 0 bridgehead atoms. The van der Waals surface area contributed by atoms with Crippen LogP contribution in [0.1, 0.15) is 11.1 Å². The molecule has 0 amide bonds. The van der Waals surface area contributed by atoms with Crippen LogP contribution in [-0.4, -0.2) is 6.61 Å². The number of para-hydroxylation sites is 1. The van der Waals surface area contributed by atoms with Crippen LogP contribution in [0.3, 0.4) is 0 Å². The zero-order valence-corrected chi connectivity index (χ0v) is 12.1. The molecular weight excluding hydrogens is 270 g/mol. The molecule has 0 aliphatic carbocycles. The van der Waals surface area contributed by atoms with Crippen LogP contribution in [0.4, 0.5) is 5.69 Å². The maximum absolute atomic E-state index is 5.95. The lowest BCUT2D eigenvalue weighted by atomic mass is 10.1. The van der Waals surface area contributed by atoms with Crippen LogP contribution < -0.4 is 10.1 Å². The van der Waals surface area contributed by atoms with Crippen molar-refractivity contribution in [2.24, 2.45) is 0 Å². The molecule has 0 saturated carbocycles. The van der Waals surface area contributed by atoms with Crippen molar-refractivity contribution in [3.63, 3.8) is 0 Å². The minimum atomic E-state index is 0.275. The zero-order chi connectivity index (χ0) is 14.4. The number of hydrogen-bond acceptors (Lipinski definition) is 2. The zero-order valence-electron chi connectivity index (χ0n) is 11.3. The number of ether oxygens (including phenoxy) is 1. The van der Waals surface area contributed by atoms with Crippen molar-refractivity contribution in [3.8, 4) is 18.1 Å². The Labute approximate surface area is 124 Å². The van der Waals surface area contributed by atoms with Crippen molar-refractivity contribution in [2.75, 3.05) is 11.9 Å². The van der Waals surface area contributed by atoms with Gasteiger partial charge in [-0.25, -0.2) is 0 Å². The Bertz CT molecular complexity index is 631. The molecule has 0 fully saturated rings. The summed E-state index contributed by atoms with van der Waals surface area (Å²) < 4.78 is 5.53. The van der Waals surface area contributed by atoms with E-state index in [0.29, 0.717) is 6.54 Å². The molecule has 2 aromatic rings. The molecule has 2 aromatic carbocycles. The van der Waals surface area contributed by atoms with Crippen molar-refractivity contribution in [1.29, 1.82) is 0 Å². The summed E-state index contributed by atoms with van der Waals surface area (Å²) in [6, 6.07) is 13.6. The molecule has 0 radical (unpaired) electrons. The van der Waals surface area contributed by atoms with Gasteiger partial charge in [-0.05, 0) is 36.8 Å². The standard InChI is InChI=1S/C17H16ClNO/c1-3-10-20-17-7-5-4-6-14(17)12-19-16-9-8-15(18)11-13(16)2/h1,4-9,11,19H,10,12H2,2H3. The lowest BCUT2D eigenvalue weighted by Crippen LogP contribution is -2.04. The summed E-state index contributed by atoms with van der Waals surface area (Å²) in [6.45, 7) is 2.97. The van der Waals surface area contributed by atoms with Gasteiger partial charge in [0, 0.05) is 22.8 Å². The van der Waals surface area contributed by atoms with Crippen molar-refractivity contribution < 1.29 is 4.74 Å². The molecule has 0 atom stereocenters. The van der Waals surface area contributed by atoms with Gasteiger partial charge in [-0.2, -0.15) is 0 Å². The number of hydrogen-bond donors (Lipinski definition) is 1. The van der Waals surface area contributed by atoms with Crippen LogP contribution in [0.5, 0.6) is 5.75 Å². The van der Waals surface area contributed by atoms with Crippen LogP contribution in [0, 0.1) is 19.3 Å². The highest BCUT2D eigenvalue weighted by Gasteiger charge is 2.04. The number of aryl methyl sites for hydroxylation is 1. The number of benzene rings is 2. The van der Waals surface area contributed by atoms with Gasteiger partial charge in [0.05, 0.1) is 0 Å². The fourth-order valence-corrected chi connectivity index (χ4v) is 2.15. The minimum absolute atomic E-state index is 0.275. The van der Waals surface area contributed by atoms with Gasteiger partial charge in [-0.3, -0.25) is 0 Å². The number of anilines is 1. The molecule has 2 rings (SSSR count). The summed E-state index contributed by atoms with van der Waals surface area (Å²) in [4.78, 5) is 0. The fourth-order valence-electron chi connectivity index (χ4n) is 1.93. The summed E-state index contributed by atoms with van der Waals surface area (Å²) in [5.41, 5.74) is 3.23. The predicted octanol–water partition coefficient (Wildman–Crippen LogP) is 4.27. The number of halogens is 1. The first kappa shape index (κ1) is 14.3. The molecule has 0 unspecified atom stereocenters. The number of nitrogens with one attached hydrogen (secondary N) is 1. The highest BCUT2D eigenvalue weighted by atomic mass is 35.5. The first-order valence-corrected chi connectivity index (χ1v) is 6.72. The predicted molar refractivity (Wildman–Crippen MR) is 84.3 cm³/mol. The molecule has 0 saturated heterocycles. The number of rotatable bonds is 5. The fraction of sp³-hybridized carbons (Fsp3) is 0.176. The molecule has 0 aliphatic heterocycles. The Kier molecular flexibility index (Phi) is 4.92. The second-order valence-corrected chi connectivity index (χ2v) is 4.85. The summed E-state index contributed by atoms with van der Waals surface area (Å²) in [6.07, 6.45) is 5.22. The van der Waals surface area contributed by atoms with Crippen LogP contribution in [-0.2, 0) is 6.54 Å². The van der Waals surface area contributed by atoms with E-state index < -0.39 is 0 Å². The van der Waals surface area contributed by atoms with Crippen LogP contribution >= 0.6 is 11.6 Å². The van der Waals surface area contributed by atoms with Crippen LogP contribution in [0.15, 0.2) is 42.5 Å². The SMILES string of the molecule is C#CCOc1ccccc1CNc1ccc(Cl)cc1C. The van der Waals surface area contributed by atoms with E-state index in [4.69, 9.17) is 22.8 Å². The van der Waals surface area contributed by atoms with Gasteiger partial charge in [0.15, 0.2) is 0 Å². The molecule has 0 spiro atoms. The van der Waals surface area contributed by atoms with Gasteiger partial charge < -0.3 is 10.1 Å². The Morgan fingerprint density at radius 1 is 1.25 bits per heavy atom. The van der Waals surface area contributed by atoms with E-state index in [-0.39, 0.29) is 6.61 Å². The second kappa shape index (κ2) is 6.88. The third-order valence-corrected chi connectivity index (χ3v) is 3.18. The van der Waals surface area contributed by atoms with E-state index >= 15 is 0 Å². The Morgan fingerprint density at radius 3 is 2.80 bits per heavy atom. The first-order chi connectivity index (χ1) is 9.70. The van der Waals surface area contributed by atoms with Crippen LogP contribution in [0.25, 0.3) is 0 Å². The maximum atomic E-state index is 5.95. The van der Waals surface area contributed by atoms with Gasteiger partial charge in [-0.1, -0.05) is 35.7 Å². The Hall–Kier alpha value is -2.11. The topological polar surface area (TPSA) is 21.3 Å². The molecule has 0 aliphatic rings. The Morgan fingerprint density at radius 2 is 2.05 bits per heavy atom. The van der Waals surface area contributed by atoms with Crippen molar-refractivity contribution in [2.45, 2.75) is 13.5 Å². The minimum Gasteiger partial charge on any atom is -0.481 e. The maximum Gasteiger partial charge on any atom is 0.148 e. The summed E-state index contributed by atoms with van der Waals surface area (Å²) in [5.74, 6) is 3.29. The third-order valence-electron chi connectivity index (χ3n) is 2.94. The highest BCUT2D eigenvalue weighted by molar-refractivity contribution is 6.30. The summed E-state index contributed by atoms with van der Waals surface area (Å²) >= 11 is 5.95. The molecular formula is C17H16ClNO. The van der Waals surface area contributed by atoms with Crippen molar-refractivity contribution in [3.05, 3.63) is 58.6 Å². The smallest absolute Gasteiger partial charge is 0.148 e. The molecule has 1 N–H and O–H groups in total. The van der Waals surface area contributed by atoms with E-state index in [1.165, 1.54) is 0 Å². The molecule has 2 nitrogen and oxygen atoms in total. The number of terminal acetylenes is 1. The molecule has 0 aromatic heterocycles. The third kappa shape index (κ3) is 3.69. The summed E-state index contributed by atoms with van der Waals surface area (Å²) in [7, 11) is 0. The largest absolute Gasteiger partial charge is 0.481 e. The Balaban J connectivity index is 2.09. The van der Waals surface area contributed by atoms with Gasteiger partial charge in [0.25, 0.3) is 0 Å². The first-order valence-electron chi connectivity index (χ1n) is 6.35. The molecule has 3 heteroatoms. The van der Waals surface area contributed by atoms with Crippen molar-refractivity contribution >= 4 is 17.3 Å².